The van der Waals surface area contributed by atoms with E-state index in [1.54, 1.807) is 7.05 Å². The number of nitrogens with one attached hydrogen (secondary N) is 3. The van der Waals surface area contributed by atoms with Gasteiger partial charge >= 0.3 is 0 Å². The van der Waals surface area contributed by atoms with Gasteiger partial charge in [0, 0.05) is 32.8 Å². The van der Waals surface area contributed by atoms with Crippen LogP contribution in [0.5, 0.6) is 0 Å². The molecule has 2 heterocycles. The summed E-state index contributed by atoms with van der Waals surface area (Å²) in [5, 5.41) is 17.5. The summed E-state index contributed by atoms with van der Waals surface area (Å²) < 4.78 is 1.91. The molecule has 0 bridgehead atoms. The normalized spacial score (nSPS) is 11.4. The zero-order valence-electron chi connectivity index (χ0n) is 15.2. The highest BCUT2D eigenvalue weighted by molar-refractivity contribution is 5.81. The Hall–Kier alpha value is -3.42. The third kappa shape index (κ3) is 5.27. The van der Waals surface area contributed by atoms with Gasteiger partial charge in [0.05, 0.1) is 6.54 Å². The summed E-state index contributed by atoms with van der Waals surface area (Å²) in [5.74, 6) is 1.39. The van der Waals surface area contributed by atoms with E-state index in [1.807, 2.05) is 59.1 Å². The Labute approximate surface area is 157 Å². The first-order valence-electron chi connectivity index (χ1n) is 8.80. The topological polar surface area (TPSA) is 95.7 Å². The fourth-order valence-corrected chi connectivity index (χ4v) is 2.57. The summed E-state index contributed by atoms with van der Waals surface area (Å²) in [5.41, 5.74) is 1.88. The maximum absolute atomic E-state index is 11.9. The lowest BCUT2D eigenvalue weighted by Gasteiger charge is -2.11. The molecule has 0 aliphatic carbocycles. The lowest BCUT2D eigenvalue weighted by molar-refractivity contribution is -0.121. The molecule has 0 saturated heterocycles. The van der Waals surface area contributed by atoms with Crippen LogP contribution in [0.2, 0.25) is 0 Å². The molecule has 0 unspecified atom stereocenters. The van der Waals surface area contributed by atoms with Gasteiger partial charge in [0.1, 0.15) is 0 Å². The number of aliphatic imine (C=N–C) groups is 1. The molecule has 2 aromatic heterocycles. The van der Waals surface area contributed by atoms with Gasteiger partial charge in [0.15, 0.2) is 17.4 Å². The number of guanidine groups is 1. The highest BCUT2D eigenvalue weighted by Gasteiger charge is 2.06. The molecule has 3 aromatic rings. The number of aromatic nitrogens is 3. The van der Waals surface area contributed by atoms with Gasteiger partial charge in [-0.05, 0) is 17.7 Å². The Balaban J connectivity index is 1.39. The van der Waals surface area contributed by atoms with Gasteiger partial charge in [-0.25, -0.2) is 0 Å². The van der Waals surface area contributed by atoms with Crippen molar-refractivity contribution < 1.29 is 4.79 Å². The lowest BCUT2D eigenvalue weighted by Crippen LogP contribution is -2.39. The first-order valence-corrected chi connectivity index (χ1v) is 8.80. The summed E-state index contributed by atoms with van der Waals surface area (Å²) >= 11 is 0. The highest BCUT2D eigenvalue weighted by atomic mass is 16.1. The van der Waals surface area contributed by atoms with Crippen LogP contribution < -0.4 is 16.0 Å². The van der Waals surface area contributed by atoms with Gasteiger partial charge < -0.3 is 16.0 Å². The molecule has 0 atom stereocenters. The molecule has 0 spiro atoms. The molecule has 0 radical (unpaired) electrons. The van der Waals surface area contributed by atoms with Crippen molar-refractivity contribution >= 4 is 17.5 Å². The number of fused-ring (bicyclic) bond motifs is 1. The zero-order valence-corrected chi connectivity index (χ0v) is 15.2. The minimum absolute atomic E-state index is 0.00902. The zero-order chi connectivity index (χ0) is 18.9. The fourth-order valence-electron chi connectivity index (χ4n) is 2.57. The third-order valence-electron chi connectivity index (χ3n) is 4.00. The maximum atomic E-state index is 11.9. The second-order valence-corrected chi connectivity index (χ2v) is 5.91. The Morgan fingerprint density at radius 3 is 2.63 bits per heavy atom. The second-order valence-electron chi connectivity index (χ2n) is 5.91. The summed E-state index contributed by atoms with van der Waals surface area (Å²) in [4.78, 5) is 16.1. The molecular weight excluding hydrogens is 342 g/mol. The van der Waals surface area contributed by atoms with E-state index in [-0.39, 0.29) is 5.91 Å². The van der Waals surface area contributed by atoms with Crippen LogP contribution in [0.25, 0.3) is 5.65 Å². The standard InChI is InChI=1S/C19H23N7O/c1-20-19(23-14-17-25-24-16-9-5-6-12-26(16)17)21-11-10-18(27)22-13-15-7-3-2-4-8-15/h2-9,12H,10-11,13-14H2,1H3,(H,22,27)(H2,20,21,23). The number of pyridine rings is 1. The average Bonchev–Trinajstić information content (AvgIpc) is 3.13. The van der Waals surface area contributed by atoms with Crippen LogP contribution in [0.15, 0.2) is 59.7 Å². The van der Waals surface area contributed by atoms with Gasteiger partial charge in [-0.1, -0.05) is 36.4 Å². The SMILES string of the molecule is CN=C(NCCC(=O)NCc1ccccc1)NCc1nnc2ccccn12. The van der Waals surface area contributed by atoms with E-state index in [9.17, 15) is 4.79 Å². The third-order valence-corrected chi connectivity index (χ3v) is 4.00. The Bertz CT molecular complexity index is 905. The van der Waals surface area contributed by atoms with E-state index < -0.39 is 0 Å². The number of benzene rings is 1. The molecule has 8 nitrogen and oxygen atoms in total. The quantitative estimate of drug-likeness (QED) is 0.430. The van der Waals surface area contributed by atoms with Crippen LogP contribution >= 0.6 is 0 Å². The summed E-state index contributed by atoms with van der Waals surface area (Å²) in [6.07, 6.45) is 2.28. The molecule has 0 aliphatic heterocycles. The molecule has 27 heavy (non-hydrogen) atoms. The van der Waals surface area contributed by atoms with Crippen LogP contribution in [-0.4, -0.2) is 40.1 Å². The van der Waals surface area contributed by atoms with E-state index in [4.69, 9.17) is 0 Å². The van der Waals surface area contributed by atoms with Gasteiger partial charge in [0.2, 0.25) is 5.91 Å². The predicted octanol–water partition coefficient (Wildman–Crippen LogP) is 1.10. The number of hydrogen-bond donors (Lipinski definition) is 3. The van der Waals surface area contributed by atoms with Crippen LogP contribution in [0.3, 0.4) is 0 Å². The van der Waals surface area contributed by atoms with E-state index in [0.717, 1.165) is 17.0 Å². The summed E-state index contributed by atoms with van der Waals surface area (Å²) in [6.45, 7) is 1.50. The second kappa shape index (κ2) is 9.33. The predicted molar refractivity (Wildman–Crippen MR) is 104 cm³/mol. The Kier molecular flexibility index (Phi) is 6.35. The Morgan fingerprint density at radius 1 is 1.00 bits per heavy atom. The van der Waals surface area contributed by atoms with Crippen molar-refractivity contribution in [1.82, 2.24) is 30.5 Å². The van der Waals surface area contributed by atoms with E-state index >= 15 is 0 Å². The van der Waals surface area contributed by atoms with E-state index in [0.29, 0.717) is 32.0 Å². The lowest BCUT2D eigenvalue weighted by atomic mass is 10.2. The minimum Gasteiger partial charge on any atom is -0.356 e. The van der Waals surface area contributed by atoms with Crippen molar-refractivity contribution in [3.8, 4) is 0 Å². The largest absolute Gasteiger partial charge is 0.356 e. The number of carbonyl (C=O) groups excluding carboxylic acids is 1. The molecule has 0 aliphatic rings. The van der Waals surface area contributed by atoms with Gasteiger partial charge in [-0.15, -0.1) is 10.2 Å². The number of amides is 1. The van der Waals surface area contributed by atoms with Gasteiger partial charge in [0.25, 0.3) is 0 Å². The fraction of sp³-hybridized carbons (Fsp3) is 0.263. The van der Waals surface area contributed by atoms with Gasteiger partial charge in [-0.3, -0.25) is 14.2 Å². The Morgan fingerprint density at radius 2 is 1.81 bits per heavy atom. The number of rotatable bonds is 7. The van der Waals surface area contributed by atoms with Crippen molar-refractivity contribution in [3.63, 3.8) is 0 Å². The van der Waals surface area contributed by atoms with Gasteiger partial charge in [-0.2, -0.15) is 0 Å². The molecule has 3 rings (SSSR count). The monoisotopic (exact) mass is 365 g/mol. The molecular formula is C19H23N7O. The summed E-state index contributed by atoms with van der Waals surface area (Å²) in [7, 11) is 1.69. The average molecular weight is 365 g/mol. The number of hydrogen-bond acceptors (Lipinski definition) is 4. The van der Waals surface area contributed by atoms with Crippen molar-refractivity contribution in [2.24, 2.45) is 4.99 Å². The smallest absolute Gasteiger partial charge is 0.222 e. The molecule has 3 N–H and O–H groups in total. The van der Waals surface area contributed by atoms with Crippen LogP contribution in [0.1, 0.15) is 17.8 Å². The van der Waals surface area contributed by atoms with E-state index in [2.05, 4.69) is 31.1 Å². The van der Waals surface area contributed by atoms with Crippen molar-refractivity contribution in [2.75, 3.05) is 13.6 Å². The molecule has 1 aromatic carbocycles. The molecule has 8 heteroatoms. The number of nitrogens with zero attached hydrogens (tertiary/aromatic N) is 4. The van der Waals surface area contributed by atoms with Crippen molar-refractivity contribution in [2.45, 2.75) is 19.5 Å². The maximum Gasteiger partial charge on any atom is 0.222 e. The molecule has 0 saturated carbocycles. The van der Waals surface area contributed by atoms with Crippen LogP contribution in [0, 0.1) is 0 Å². The molecule has 0 fully saturated rings. The van der Waals surface area contributed by atoms with Crippen molar-refractivity contribution in [3.05, 3.63) is 66.1 Å². The minimum atomic E-state index is -0.00902. The molecule has 1 amide bonds. The highest BCUT2D eigenvalue weighted by Crippen LogP contribution is 2.02. The summed E-state index contributed by atoms with van der Waals surface area (Å²) in [6, 6.07) is 15.6. The van der Waals surface area contributed by atoms with Crippen molar-refractivity contribution in [1.29, 1.82) is 0 Å². The van der Waals surface area contributed by atoms with Crippen LogP contribution in [0.4, 0.5) is 0 Å². The van der Waals surface area contributed by atoms with E-state index in [1.165, 1.54) is 0 Å². The number of carbonyl (C=O) groups is 1. The molecule has 140 valence electrons. The first-order chi connectivity index (χ1) is 13.3. The van der Waals surface area contributed by atoms with Crippen LogP contribution in [-0.2, 0) is 17.9 Å². The first kappa shape index (κ1) is 18.4.